The van der Waals surface area contributed by atoms with Crippen molar-refractivity contribution in [2.24, 2.45) is 0 Å². The van der Waals surface area contributed by atoms with Gasteiger partial charge in [0.25, 0.3) is 0 Å². The molecule has 5 heteroatoms. The van der Waals surface area contributed by atoms with E-state index in [9.17, 15) is 9.59 Å². The summed E-state index contributed by atoms with van der Waals surface area (Å²) in [6, 6.07) is 8.35. The molecule has 0 aliphatic rings. The van der Waals surface area contributed by atoms with Gasteiger partial charge in [-0.3, -0.25) is 9.59 Å². The summed E-state index contributed by atoms with van der Waals surface area (Å²) in [4.78, 5) is 21.9. The van der Waals surface area contributed by atoms with Gasteiger partial charge in [0.15, 0.2) is 0 Å². The molecular formula is C14H14N2O3. The van der Waals surface area contributed by atoms with Crippen LogP contribution in [0.1, 0.15) is 24.5 Å². The summed E-state index contributed by atoms with van der Waals surface area (Å²) >= 11 is 0. The van der Waals surface area contributed by atoms with Gasteiger partial charge in [-0.2, -0.15) is 5.26 Å². The molecule has 0 aliphatic carbocycles. The molecular weight excluding hydrogens is 244 g/mol. The molecule has 0 fully saturated rings. The van der Waals surface area contributed by atoms with Gasteiger partial charge in [0.05, 0.1) is 18.1 Å². The molecule has 0 radical (unpaired) electrons. The fourth-order valence-electron chi connectivity index (χ4n) is 1.44. The van der Waals surface area contributed by atoms with Crippen molar-refractivity contribution in [2.45, 2.75) is 19.4 Å². The number of hydrogen-bond acceptors (Lipinski definition) is 3. The third kappa shape index (κ3) is 5.50. The van der Waals surface area contributed by atoms with E-state index in [0.29, 0.717) is 5.56 Å². The zero-order valence-corrected chi connectivity index (χ0v) is 10.5. The number of carboxylic acid groups (broad SMARTS) is 1. The molecule has 5 nitrogen and oxygen atoms in total. The smallest absolute Gasteiger partial charge is 0.305 e. The largest absolute Gasteiger partial charge is 0.481 e. The number of hydrogen-bond donors (Lipinski definition) is 2. The van der Waals surface area contributed by atoms with Crippen molar-refractivity contribution in [3.63, 3.8) is 0 Å². The highest BCUT2D eigenvalue weighted by atomic mass is 16.4. The first-order chi connectivity index (χ1) is 9.01. The van der Waals surface area contributed by atoms with Crippen LogP contribution in [-0.4, -0.2) is 23.0 Å². The van der Waals surface area contributed by atoms with Crippen molar-refractivity contribution in [1.29, 1.82) is 5.26 Å². The second kappa shape index (κ2) is 6.97. The molecule has 0 aliphatic heterocycles. The zero-order valence-electron chi connectivity index (χ0n) is 10.5. The Labute approximate surface area is 111 Å². The average Bonchev–Trinajstić information content (AvgIpc) is 2.36. The van der Waals surface area contributed by atoms with E-state index in [4.69, 9.17) is 10.4 Å². The van der Waals surface area contributed by atoms with Gasteiger partial charge < -0.3 is 10.4 Å². The van der Waals surface area contributed by atoms with Crippen molar-refractivity contribution < 1.29 is 14.7 Å². The molecule has 98 valence electrons. The molecule has 1 rings (SSSR count). The maximum atomic E-state index is 11.5. The van der Waals surface area contributed by atoms with E-state index in [0.717, 1.165) is 5.56 Å². The molecule has 0 heterocycles. The van der Waals surface area contributed by atoms with Crippen LogP contribution < -0.4 is 5.32 Å². The van der Waals surface area contributed by atoms with Crippen LogP contribution in [0.5, 0.6) is 0 Å². The molecule has 0 aromatic heterocycles. The van der Waals surface area contributed by atoms with E-state index in [1.165, 1.54) is 6.08 Å². The highest BCUT2D eigenvalue weighted by Gasteiger charge is 2.08. The van der Waals surface area contributed by atoms with Gasteiger partial charge in [0, 0.05) is 12.1 Å². The minimum absolute atomic E-state index is 0.115. The van der Waals surface area contributed by atoms with Gasteiger partial charge in [0.1, 0.15) is 0 Å². The first-order valence-electron chi connectivity index (χ1n) is 5.72. The molecule has 0 saturated carbocycles. The molecule has 0 saturated heterocycles. The van der Waals surface area contributed by atoms with E-state index >= 15 is 0 Å². The van der Waals surface area contributed by atoms with Crippen LogP contribution in [0.4, 0.5) is 0 Å². The maximum absolute atomic E-state index is 11.5. The lowest BCUT2D eigenvalue weighted by atomic mass is 10.1. The monoisotopic (exact) mass is 258 g/mol. The standard InChI is InChI=1S/C14H14N2O3/c1-10(8-14(18)19)16-13(17)7-6-11-2-4-12(9-15)5-3-11/h2-7,10H,8H2,1H3,(H,16,17)(H,18,19)/b7-6+. The van der Waals surface area contributed by atoms with E-state index in [1.807, 2.05) is 6.07 Å². The first-order valence-corrected chi connectivity index (χ1v) is 5.72. The summed E-state index contributed by atoms with van der Waals surface area (Å²) in [5.41, 5.74) is 1.34. The molecule has 0 bridgehead atoms. The first kappa shape index (κ1) is 14.5. The number of aliphatic carboxylic acids is 1. The number of nitrogens with one attached hydrogen (secondary N) is 1. The Morgan fingerprint density at radius 3 is 2.58 bits per heavy atom. The molecule has 0 spiro atoms. The van der Waals surface area contributed by atoms with Crippen molar-refractivity contribution in [2.75, 3.05) is 0 Å². The number of rotatable bonds is 5. The maximum Gasteiger partial charge on any atom is 0.305 e. The quantitative estimate of drug-likeness (QED) is 0.784. The number of nitrogens with zero attached hydrogens (tertiary/aromatic N) is 1. The second-order valence-electron chi connectivity index (χ2n) is 4.07. The lowest BCUT2D eigenvalue weighted by Crippen LogP contribution is -2.32. The topological polar surface area (TPSA) is 90.2 Å². The Morgan fingerprint density at radius 1 is 1.42 bits per heavy atom. The van der Waals surface area contributed by atoms with Gasteiger partial charge in [-0.05, 0) is 30.7 Å². The lowest BCUT2D eigenvalue weighted by Gasteiger charge is -2.08. The van der Waals surface area contributed by atoms with Crippen LogP contribution in [0.3, 0.4) is 0 Å². The number of carbonyl (C=O) groups excluding carboxylic acids is 1. The molecule has 19 heavy (non-hydrogen) atoms. The summed E-state index contributed by atoms with van der Waals surface area (Å²) < 4.78 is 0. The number of carbonyl (C=O) groups is 2. The third-order valence-corrected chi connectivity index (χ3v) is 2.34. The van der Waals surface area contributed by atoms with Crippen LogP contribution in [0, 0.1) is 11.3 Å². The Balaban J connectivity index is 2.53. The molecule has 1 unspecified atom stereocenters. The van der Waals surface area contributed by atoms with Crippen molar-refractivity contribution in [3.8, 4) is 6.07 Å². The van der Waals surface area contributed by atoms with E-state index in [1.54, 1.807) is 37.3 Å². The SMILES string of the molecule is CC(CC(=O)O)NC(=O)/C=C/c1ccc(C#N)cc1. The number of carboxylic acids is 1. The zero-order chi connectivity index (χ0) is 14.3. The molecule has 1 amide bonds. The van der Waals surface area contributed by atoms with Gasteiger partial charge in [0.2, 0.25) is 5.91 Å². The van der Waals surface area contributed by atoms with Gasteiger partial charge in [-0.15, -0.1) is 0 Å². The van der Waals surface area contributed by atoms with Crippen molar-refractivity contribution in [1.82, 2.24) is 5.32 Å². The van der Waals surface area contributed by atoms with Gasteiger partial charge in [-0.25, -0.2) is 0 Å². The van der Waals surface area contributed by atoms with Crippen molar-refractivity contribution >= 4 is 18.0 Å². The van der Waals surface area contributed by atoms with Gasteiger partial charge >= 0.3 is 5.97 Å². The minimum Gasteiger partial charge on any atom is -0.481 e. The summed E-state index contributed by atoms with van der Waals surface area (Å²) in [7, 11) is 0. The summed E-state index contributed by atoms with van der Waals surface area (Å²) in [5, 5.41) is 19.7. The van der Waals surface area contributed by atoms with Crippen LogP contribution in [-0.2, 0) is 9.59 Å². The molecule has 1 aromatic rings. The van der Waals surface area contributed by atoms with Crippen LogP contribution in [0.15, 0.2) is 30.3 Å². The molecule has 1 atom stereocenters. The number of nitriles is 1. The van der Waals surface area contributed by atoms with E-state index < -0.39 is 12.0 Å². The van der Waals surface area contributed by atoms with E-state index in [2.05, 4.69) is 5.32 Å². The second-order valence-corrected chi connectivity index (χ2v) is 4.07. The van der Waals surface area contributed by atoms with Crippen LogP contribution in [0.2, 0.25) is 0 Å². The Kier molecular flexibility index (Phi) is 5.30. The molecule has 1 aromatic carbocycles. The number of amides is 1. The average molecular weight is 258 g/mol. The Bertz CT molecular complexity index is 527. The lowest BCUT2D eigenvalue weighted by molar-refractivity contribution is -0.137. The fourth-order valence-corrected chi connectivity index (χ4v) is 1.44. The Morgan fingerprint density at radius 2 is 2.05 bits per heavy atom. The normalized spacial score (nSPS) is 11.8. The fraction of sp³-hybridized carbons (Fsp3) is 0.214. The highest BCUT2D eigenvalue weighted by molar-refractivity contribution is 5.92. The molecule has 2 N–H and O–H groups in total. The Hall–Kier alpha value is -2.61. The summed E-state index contributed by atoms with van der Waals surface area (Å²) in [5.74, 6) is -1.30. The highest BCUT2D eigenvalue weighted by Crippen LogP contribution is 2.05. The predicted molar refractivity (Wildman–Crippen MR) is 70.0 cm³/mol. The third-order valence-electron chi connectivity index (χ3n) is 2.34. The minimum atomic E-state index is -0.955. The summed E-state index contributed by atoms with van der Waals surface area (Å²) in [6.07, 6.45) is 2.82. The van der Waals surface area contributed by atoms with Gasteiger partial charge in [-0.1, -0.05) is 12.1 Å². The van der Waals surface area contributed by atoms with E-state index in [-0.39, 0.29) is 12.3 Å². The summed E-state index contributed by atoms with van der Waals surface area (Å²) in [6.45, 7) is 1.63. The predicted octanol–water partition coefficient (Wildman–Crippen LogP) is 1.55. The van der Waals surface area contributed by atoms with Crippen LogP contribution >= 0.6 is 0 Å². The number of benzene rings is 1. The van der Waals surface area contributed by atoms with Crippen molar-refractivity contribution in [3.05, 3.63) is 41.5 Å². The van der Waals surface area contributed by atoms with Crippen LogP contribution in [0.25, 0.3) is 6.08 Å².